The third-order valence-corrected chi connectivity index (χ3v) is 7.01. The highest BCUT2D eigenvalue weighted by molar-refractivity contribution is 7.93. The van der Waals surface area contributed by atoms with Gasteiger partial charge in [-0.2, -0.15) is 0 Å². The minimum absolute atomic E-state index is 0.112. The van der Waals surface area contributed by atoms with Crippen molar-refractivity contribution < 1.29 is 37.0 Å². The number of carbonyl (C=O) groups excluding carboxylic acids is 3. The van der Waals surface area contributed by atoms with Crippen LogP contribution in [0.15, 0.2) is 59.5 Å². The van der Waals surface area contributed by atoms with Gasteiger partial charge < -0.3 is 14.2 Å². The molecule has 0 bridgehead atoms. The van der Waals surface area contributed by atoms with Crippen molar-refractivity contribution in [2.24, 2.45) is 0 Å². The molecular weight excluding hydrogens is 424 g/mol. The van der Waals surface area contributed by atoms with Gasteiger partial charge in [-0.25, -0.2) is 8.42 Å². The molecule has 8 nitrogen and oxygen atoms in total. The van der Waals surface area contributed by atoms with E-state index in [1.165, 1.54) is 24.3 Å². The fraction of sp³-hybridized carbons (Fsp3) is 0.318. The molecule has 3 atom stereocenters. The van der Waals surface area contributed by atoms with E-state index in [1.807, 2.05) is 0 Å². The van der Waals surface area contributed by atoms with Gasteiger partial charge in [0.15, 0.2) is 12.2 Å². The number of aryl methyl sites for hydroxylation is 1. The minimum atomic E-state index is -4.36. The van der Waals surface area contributed by atoms with Crippen LogP contribution in [0.2, 0.25) is 0 Å². The molecule has 1 heterocycles. The first-order valence-corrected chi connectivity index (χ1v) is 11.0. The maximum Gasteiger partial charge on any atom is 0.303 e. The van der Waals surface area contributed by atoms with Gasteiger partial charge in [-0.3, -0.25) is 14.4 Å². The van der Waals surface area contributed by atoms with Crippen molar-refractivity contribution in [1.29, 1.82) is 0 Å². The molecule has 164 valence electrons. The third kappa shape index (κ3) is 4.38. The molecule has 1 saturated heterocycles. The summed E-state index contributed by atoms with van der Waals surface area (Å²) in [6, 6.07) is 13.8. The highest BCUT2D eigenvalue weighted by Crippen LogP contribution is 2.49. The molecule has 0 aromatic heterocycles. The Morgan fingerprint density at radius 2 is 1.61 bits per heavy atom. The largest absolute Gasteiger partial charge is 0.462 e. The Hall–Kier alpha value is -3.04. The molecule has 1 aliphatic rings. The van der Waals surface area contributed by atoms with Crippen molar-refractivity contribution in [3.05, 3.63) is 65.7 Å². The first-order valence-electron chi connectivity index (χ1n) is 9.49. The highest BCUT2D eigenvalue weighted by Gasteiger charge is 2.75. The molecule has 0 spiro atoms. The lowest BCUT2D eigenvalue weighted by molar-refractivity contribution is -0.157. The van der Waals surface area contributed by atoms with E-state index in [-0.39, 0.29) is 10.5 Å². The fourth-order valence-electron chi connectivity index (χ4n) is 3.28. The van der Waals surface area contributed by atoms with Crippen molar-refractivity contribution in [3.63, 3.8) is 0 Å². The molecule has 0 radical (unpaired) electrons. The quantitative estimate of drug-likeness (QED) is 0.344. The number of benzene rings is 2. The van der Waals surface area contributed by atoms with Gasteiger partial charge in [0.25, 0.3) is 4.93 Å². The second kappa shape index (κ2) is 8.60. The van der Waals surface area contributed by atoms with Gasteiger partial charge in [-0.05, 0) is 19.1 Å². The molecule has 0 saturated carbocycles. The summed E-state index contributed by atoms with van der Waals surface area (Å²) in [5, 5.41) is 0. The van der Waals surface area contributed by atoms with Crippen LogP contribution in [0.3, 0.4) is 0 Å². The number of ether oxygens (including phenoxy) is 3. The molecule has 2 aromatic rings. The maximum absolute atomic E-state index is 13.6. The van der Waals surface area contributed by atoms with Crippen LogP contribution in [0.1, 0.15) is 29.8 Å². The average molecular weight is 446 g/mol. The normalized spacial score (nSPS) is 21.1. The van der Waals surface area contributed by atoms with Crippen LogP contribution in [0, 0.1) is 6.92 Å². The summed E-state index contributed by atoms with van der Waals surface area (Å²) in [7, 11) is -4.36. The smallest absolute Gasteiger partial charge is 0.303 e. The lowest BCUT2D eigenvalue weighted by Crippen LogP contribution is -2.42. The Morgan fingerprint density at radius 1 is 1.00 bits per heavy atom. The monoisotopic (exact) mass is 446 g/mol. The van der Waals surface area contributed by atoms with E-state index in [0.29, 0.717) is 0 Å². The molecule has 31 heavy (non-hydrogen) atoms. The lowest BCUT2D eigenvalue weighted by Gasteiger charge is -2.18. The number of epoxide rings is 1. The molecule has 9 heteroatoms. The summed E-state index contributed by atoms with van der Waals surface area (Å²) in [6.45, 7) is 3.63. The van der Waals surface area contributed by atoms with Gasteiger partial charge in [0, 0.05) is 19.4 Å². The van der Waals surface area contributed by atoms with Crippen molar-refractivity contribution in [1.82, 2.24) is 0 Å². The Bertz CT molecular complexity index is 1090. The summed E-state index contributed by atoms with van der Waals surface area (Å²) in [4.78, 5) is 33.8. The molecule has 3 rings (SSSR count). The van der Waals surface area contributed by atoms with Crippen LogP contribution in [0.25, 0.3) is 0 Å². The number of sulfone groups is 1. The van der Waals surface area contributed by atoms with Gasteiger partial charge in [-0.15, -0.1) is 0 Å². The van der Waals surface area contributed by atoms with Crippen LogP contribution in [0.4, 0.5) is 0 Å². The number of hydrogen-bond acceptors (Lipinski definition) is 8. The number of rotatable bonds is 8. The molecule has 1 fully saturated rings. The number of carbonyl (C=O) groups is 3. The first kappa shape index (κ1) is 22.6. The van der Waals surface area contributed by atoms with Crippen LogP contribution < -0.4 is 0 Å². The number of Topliss-reactive ketones (excluding diaryl/α,β-unsaturated/α-hetero) is 1. The molecule has 1 aliphatic heterocycles. The van der Waals surface area contributed by atoms with E-state index in [9.17, 15) is 22.8 Å². The Morgan fingerprint density at radius 3 is 2.16 bits per heavy atom. The van der Waals surface area contributed by atoms with E-state index in [0.717, 1.165) is 19.4 Å². The van der Waals surface area contributed by atoms with Crippen LogP contribution >= 0.6 is 0 Å². The van der Waals surface area contributed by atoms with Gasteiger partial charge in [0.1, 0.15) is 6.61 Å². The zero-order valence-electron chi connectivity index (χ0n) is 17.2. The van der Waals surface area contributed by atoms with Crippen LogP contribution in [0.5, 0.6) is 0 Å². The van der Waals surface area contributed by atoms with Gasteiger partial charge in [0.05, 0.1) is 4.90 Å². The first-order chi connectivity index (χ1) is 14.6. The standard InChI is InChI=1S/C22H22O8S/c1-14-9-11-18(12-10-14)31(26,27)22(20(25)17-7-5-4-6-8-17)21(30-22)19(29-16(3)24)13-28-15(2)23/h4-12,19,21H,13H2,1-3H3/t19-,21-,22-/m0/s1. The highest BCUT2D eigenvalue weighted by atomic mass is 32.2. The second-order valence-corrected chi connectivity index (χ2v) is 9.25. The second-order valence-electron chi connectivity index (χ2n) is 7.17. The summed E-state index contributed by atoms with van der Waals surface area (Å²) in [5.74, 6) is -2.18. The van der Waals surface area contributed by atoms with Gasteiger partial charge in [0.2, 0.25) is 15.6 Å². The topological polar surface area (TPSA) is 116 Å². The summed E-state index contributed by atoms with van der Waals surface area (Å²) >= 11 is 0. The zero-order chi connectivity index (χ0) is 22.8. The molecule has 2 aromatic carbocycles. The van der Waals surface area contributed by atoms with Crippen molar-refractivity contribution >= 4 is 27.6 Å². The summed E-state index contributed by atoms with van der Waals surface area (Å²) in [5.41, 5.74) is 0.957. The van der Waals surface area contributed by atoms with Crippen molar-refractivity contribution in [2.75, 3.05) is 6.61 Å². The minimum Gasteiger partial charge on any atom is -0.462 e. The zero-order valence-corrected chi connectivity index (χ0v) is 18.0. The fourth-order valence-corrected chi connectivity index (χ4v) is 5.17. The molecule has 0 amide bonds. The summed E-state index contributed by atoms with van der Waals surface area (Å²) in [6.07, 6.45) is -2.64. The number of hydrogen-bond donors (Lipinski definition) is 0. The Balaban J connectivity index is 2.08. The van der Waals surface area contributed by atoms with Crippen LogP contribution in [-0.2, 0) is 33.6 Å². The van der Waals surface area contributed by atoms with Gasteiger partial charge in [-0.1, -0.05) is 48.0 Å². The molecule has 0 unspecified atom stereocenters. The van der Waals surface area contributed by atoms with E-state index < -0.39 is 51.3 Å². The Kier molecular flexibility index (Phi) is 6.28. The molecular formula is C22H22O8S. The van der Waals surface area contributed by atoms with Crippen molar-refractivity contribution in [2.45, 2.75) is 42.8 Å². The van der Waals surface area contributed by atoms with Crippen LogP contribution in [-0.4, -0.2) is 49.9 Å². The third-order valence-electron chi connectivity index (χ3n) is 4.81. The maximum atomic E-state index is 13.6. The lowest BCUT2D eigenvalue weighted by atomic mass is 10.0. The number of ketones is 1. The van der Waals surface area contributed by atoms with E-state index in [4.69, 9.17) is 14.2 Å². The van der Waals surface area contributed by atoms with E-state index >= 15 is 0 Å². The predicted octanol–water partition coefficient (Wildman–Crippen LogP) is 2.24. The van der Waals surface area contributed by atoms with E-state index in [1.54, 1.807) is 37.3 Å². The van der Waals surface area contributed by atoms with Gasteiger partial charge >= 0.3 is 11.9 Å². The summed E-state index contributed by atoms with van der Waals surface area (Å²) < 4.78 is 42.8. The molecule has 0 aliphatic carbocycles. The van der Waals surface area contributed by atoms with Crippen molar-refractivity contribution in [3.8, 4) is 0 Å². The Labute approximate surface area is 180 Å². The SMILES string of the molecule is CC(=O)OC[C@H](OC(C)=O)[C@@H]1O[C@@]1(C(=O)c1ccccc1)S(=O)(=O)c1ccc(C)cc1. The van der Waals surface area contributed by atoms with E-state index in [2.05, 4.69) is 0 Å². The molecule has 0 N–H and O–H groups in total. The predicted molar refractivity (Wildman–Crippen MR) is 109 cm³/mol. The number of esters is 2. The average Bonchev–Trinajstić information content (AvgIpc) is 3.49.